The Labute approximate surface area is 188 Å². The summed E-state index contributed by atoms with van der Waals surface area (Å²) >= 11 is 0. The summed E-state index contributed by atoms with van der Waals surface area (Å²) in [5, 5.41) is 0. The highest BCUT2D eigenvalue weighted by atomic mass is 32.2. The van der Waals surface area contributed by atoms with Crippen molar-refractivity contribution in [3.8, 4) is 5.75 Å². The summed E-state index contributed by atoms with van der Waals surface area (Å²) in [5.41, 5.74) is 4.66. The molecule has 3 N–H and O–H groups in total. The standard InChI is InChI=1S/C22H19F2N3O5S/c1-14(32-19-10-6-17(24)7-11-19)21(28)25-26-22(29)15-2-12-20(13-3-15)33(30,31)27-18-8-4-16(23)5-9-18/h2-14,27H,1H3,(H,25,28)(H,26,29). The zero-order chi connectivity index (χ0) is 24.0. The van der Waals surface area contributed by atoms with Crippen molar-refractivity contribution < 1.29 is 31.5 Å². The first-order chi connectivity index (χ1) is 15.6. The second-order valence-corrected chi connectivity index (χ2v) is 8.48. The van der Waals surface area contributed by atoms with Crippen LogP contribution in [-0.2, 0) is 14.8 Å². The maximum atomic E-state index is 13.0. The minimum absolute atomic E-state index is 0.0862. The predicted octanol–water partition coefficient (Wildman–Crippen LogP) is 2.99. The van der Waals surface area contributed by atoms with Crippen LogP contribution in [0.25, 0.3) is 0 Å². The highest BCUT2D eigenvalue weighted by Crippen LogP contribution is 2.17. The molecule has 0 spiro atoms. The summed E-state index contributed by atoms with van der Waals surface area (Å²) < 4.78 is 58.4. The number of benzene rings is 3. The molecular formula is C22H19F2N3O5S. The van der Waals surface area contributed by atoms with E-state index >= 15 is 0 Å². The number of sulfonamides is 1. The van der Waals surface area contributed by atoms with Crippen LogP contribution < -0.4 is 20.3 Å². The van der Waals surface area contributed by atoms with Crippen molar-refractivity contribution in [1.29, 1.82) is 0 Å². The van der Waals surface area contributed by atoms with Gasteiger partial charge in [0.1, 0.15) is 17.4 Å². The van der Waals surface area contributed by atoms with Gasteiger partial charge in [-0.1, -0.05) is 0 Å². The Hall–Kier alpha value is -3.99. The lowest BCUT2D eigenvalue weighted by atomic mass is 10.2. The third kappa shape index (κ3) is 6.50. The summed E-state index contributed by atoms with van der Waals surface area (Å²) in [4.78, 5) is 24.2. The van der Waals surface area contributed by atoms with Crippen LogP contribution in [0.1, 0.15) is 17.3 Å². The van der Waals surface area contributed by atoms with E-state index in [1.165, 1.54) is 67.6 Å². The van der Waals surface area contributed by atoms with E-state index in [1.54, 1.807) is 0 Å². The lowest BCUT2D eigenvalue weighted by molar-refractivity contribution is -0.128. The normalized spacial score (nSPS) is 11.8. The summed E-state index contributed by atoms with van der Waals surface area (Å²) in [5.74, 6) is -2.02. The van der Waals surface area contributed by atoms with Crippen LogP contribution in [0.15, 0.2) is 77.7 Å². The number of hydrogen-bond acceptors (Lipinski definition) is 5. The molecule has 3 aromatic carbocycles. The molecule has 2 amide bonds. The van der Waals surface area contributed by atoms with Crippen molar-refractivity contribution in [3.05, 3.63) is 90.0 Å². The second-order valence-electron chi connectivity index (χ2n) is 6.79. The van der Waals surface area contributed by atoms with E-state index in [-0.39, 0.29) is 21.9 Å². The van der Waals surface area contributed by atoms with Crippen molar-refractivity contribution in [1.82, 2.24) is 10.9 Å². The first-order valence-electron chi connectivity index (χ1n) is 9.55. The van der Waals surface area contributed by atoms with Crippen molar-refractivity contribution >= 4 is 27.5 Å². The molecule has 0 saturated heterocycles. The number of amides is 2. The smallest absolute Gasteiger partial charge is 0.279 e. The number of nitrogens with one attached hydrogen (secondary N) is 3. The fraction of sp³-hybridized carbons (Fsp3) is 0.0909. The molecule has 172 valence electrons. The number of carbonyl (C=O) groups is 2. The van der Waals surface area contributed by atoms with Crippen molar-refractivity contribution in [3.63, 3.8) is 0 Å². The zero-order valence-electron chi connectivity index (χ0n) is 17.2. The van der Waals surface area contributed by atoms with E-state index < -0.39 is 39.6 Å². The number of carbonyl (C=O) groups excluding carboxylic acids is 2. The molecule has 0 radical (unpaired) electrons. The van der Waals surface area contributed by atoms with Gasteiger partial charge in [-0.3, -0.25) is 25.2 Å². The van der Waals surface area contributed by atoms with Crippen LogP contribution in [0.4, 0.5) is 14.5 Å². The van der Waals surface area contributed by atoms with E-state index in [4.69, 9.17) is 4.74 Å². The number of hydrogen-bond donors (Lipinski definition) is 3. The van der Waals surface area contributed by atoms with E-state index in [1.807, 2.05) is 0 Å². The Morgan fingerprint density at radius 2 is 1.36 bits per heavy atom. The van der Waals surface area contributed by atoms with E-state index in [0.29, 0.717) is 0 Å². The Kier molecular flexibility index (Phi) is 7.23. The lowest BCUT2D eigenvalue weighted by Gasteiger charge is -2.15. The van der Waals surface area contributed by atoms with Gasteiger partial charge in [-0.2, -0.15) is 0 Å². The van der Waals surface area contributed by atoms with Crippen LogP contribution in [0, 0.1) is 11.6 Å². The highest BCUT2D eigenvalue weighted by Gasteiger charge is 2.18. The zero-order valence-corrected chi connectivity index (χ0v) is 18.0. The quantitative estimate of drug-likeness (QED) is 0.455. The molecule has 3 rings (SSSR count). The van der Waals surface area contributed by atoms with Gasteiger partial charge < -0.3 is 4.74 Å². The van der Waals surface area contributed by atoms with Gasteiger partial charge >= 0.3 is 0 Å². The van der Waals surface area contributed by atoms with Gasteiger partial charge in [-0.05, 0) is 79.7 Å². The van der Waals surface area contributed by atoms with Gasteiger partial charge in [0.15, 0.2) is 6.10 Å². The van der Waals surface area contributed by atoms with Gasteiger partial charge in [0.2, 0.25) is 0 Å². The first-order valence-corrected chi connectivity index (χ1v) is 11.0. The number of anilines is 1. The van der Waals surface area contributed by atoms with E-state index in [9.17, 15) is 26.8 Å². The average Bonchev–Trinajstić information content (AvgIpc) is 2.80. The Balaban J connectivity index is 1.55. The molecule has 3 aromatic rings. The van der Waals surface area contributed by atoms with E-state index in [0.717, 1.165) is 12.1 Å². The molecule has 11 heteroatoms. The molecule has 0 aliphatic carbocycles. The molecular weight excluding hydrogens is 456 g/mol. The number of halogens is 2. The van der Waals surface area contributed by atoms with Crippen LogP contribution in [-0.4, -0.2) is 26.3 Å². The Morgan fingerprint density at radius 3 is 1.94 bits per heavy atom. The fourth-order valence-electron chi connectivity index (χ4n) is 2.58. The Morgan fingerprint density at radius 1 is 0.818 bits per heavy atom. The third-order valence-corrected chi connectivity index (χ3v) is 5.72. The van der Waals surface area contributed by atoms with Gasteiger partial charge in [-0.25, -0.2) is 17.2 Å². The molecule has 33 heavy (non-hydrogen) atoms. The number of rotatable bonds is 7. The molecule has 0 fully saturated rings. The minimum atomic E-state index is -3.95. The maximum absolute atomic E-state index is 13.0. The average molecular weight is 475 g/mol. The SMILES string of the molecule is CC(Oc1ccc(F)cc1)C(=O)NNC(=O)c1ccc(S(=O)(=O)Nc2ccc(F)cc2)cc1. The van der Waals surface area contributed by atoms with Crippen LogP contribution in [0.5, 0.6) is 5.75 Å². The van der Waals surface area contributed by atoms with Crippen molar-refractivity contribution in [2.45, 2.75) is 17.9 Å². The second kappa shape index (κ2) is 10.1. The van der Waals surface area contributed by atoms with Gasteiger partial charge in [-0.15, -0.1) is 0 Å². The molecule has 1 unspecified atom stereocenters. The van der Waals surface area contributed by atoms with Gasteiger partial charge in [0, 0.05) is 11.3 Å². The van der Waals surface area contributed by atoms with Crippen LogP contribution >= 0.6 is 0 Å². The summed E-state index contributed by atoms with van der Waals surface area (Å²) in [7, 11) is -3.95. The molecule has 0 bridgehead atoms. The highest BCUT2D eigenvalue weighted by molar-refractivity contribution is 7.92. The molecule has 0 aliphatic rings. The van der Waals surface area contributed by atoms with Crippen LogP contribution in [0.3, 0.4) is 0 Å². The summed E-state index contributed by atoms with van der Waals surface area (Å²) in [6.07, 6.45) is -0.985. The molecule has 0 aliphatic heterocycles. The van der Waals surface area contributed by atoms with Gasteiger partial charge in [0.05, 0.1) is 4.90 Å². The number of ether oxygens (including phenoxy) is 1. The molecule has 1 atom stereocenters. The lowest BCUT2D eigenvalue weighted by Crippen LogP contribution is -2.47. The van der Waals surface area contributed by atoms with Crippen molar-refractivity contribution in [2.24, 2.45) is 0 Å². The minimum Gasteiger partial charge on any atom is -0.481 e. The molecule has 0 heterocycles. The summed E-state index contributed by atoms with van der Waals surface area (Å²) in [6, 6.07) is 14.8. The monoisotopic (exact) mass is 475 g/mol. The first kappa shape index (κ1) is 23.7. The largest absolute Gasteiger partial charge is 0.481 e. The maximum Gasteiger partial charge on any atom is 0.279 e. The third-order valence-electron chi connectivity index (χ3n) is 4.32. The predicted molar refractivity (Wildman–Crippen MR) is 116 cm³/mol. The van der Waals surface area contributed by atoms with Crippen LogP contribution in [0.2, 0.25) is 0 Å². The summed E-state index contributed by atoms with van der Waals surface area (Å²) in [6.45, 7) is 1.44. The van der Waals surface area contributed by atoms with Crippen molar-refractivity contribution in [2.75, 3.05) is 4.72 Å². The molecule has 8 nitrogen and oxygen atoms in total. The molecule has 0 saturated carbocycles. The number of hydrazine groups is 1. The molecule has 0 aromatic heterocycles. The van der Waals surface area contributed by atoms with Gasteiger partial charge in [0.25, 0.3) is 21.8 Å². The Bertz CT molecular complexity index is 1230. The topological polar surface area (TPSA) is 114 Å². The fourth-order valence-corrected chi connectivity index (χ4v) is 3.64. The van der Waals surface area contributed by atoms with E-state index in [2.05, 4.69) is 15.6 Å².